The first-order chi connectivity index (χ1) is 7.89. The molecule has 0 spiro atoms. The van der Waals surface area contributed by atoms with E-state index in [1.54, 1.807) is 0 Å². The van der Waals surface area contributed by atoms with Crippen LogP contribution in [0.15, 0.2) is 12.7 Å². The van der Waals surface area contributed by atoms with E-state index >= 15 is 0 Å². The SMILES string of the molecule is O=C(n1cncn1)n1nc(C(Cl)(Cl)Cl)nc1F. The van der Waals surface area contributed by atoms with Crippen molar-refractivity contribution in [3.05, 3.63) is 24.6 Å². The van der Waals surface area contributed by atoms with Crippen molar-refractivity contribution in [1.29, 1.82) is 0 Å². The zero-order valence-corrected chi connectivity index (χ0v) is 10.0. The predicted molar refractivity (Wildman–Crippen MR) is 55.4 cm³/mol. The molecular weight excluding hydrogens is 297 g/mol. The van der Waals surface area contributed by atoms with Crippen molar-refractivity contribution in [2.75, 3.05) is 0 Å². The smallest absolute Gasteiger partial charge is 0.243 e. The molecule has 90 valence electrons. The average Bonchev–Trinajstić information content (AvgIpc) is 2.83. The fourth-order valence-electron chi connectivity index (χ4n) is 0.939. The monoisotopic (exact) mass is 298 g/mol. The number of hydrogen-bond acceptors (Lipinski definition) is 5. The Bertz CT molecular complexity index is 547. The minimum Gasteiger partial charge on any atom is -0.243 e. The van der Waals surface area contributed by atoms with Crippen molar-refractivity contribution in [1.82, 2.24) is 29.5 Å². The molecule has 17 heavy (non-hydrogen) atoms. The van der Waals surface area contributed by atoms with Crippen LogP contribution in [-0.2, 0) is 3.79 Å². The second-order valence-corrected chi connectivity index (χ2v) is 5.02. The van der Waals surface area contributed by atoms with E-state index in [1.165, 1.54) is 0 Å². The van der Waals surface area contributed by atoms with Crippen LogP contribution in [0.5, 0.6) is 0 Å². The van der Waals surface area contributed by atoms with Crippen LogP contribution in [0.25, 0.3) is 0 Å². The van der Waals surface area contributed by atoms with E-state index in [-0.39, 0.29) is 0 Å². The summed E-state index contributed by atoms with van der Waals surface area (Å²) in [6.45, 7) is 0. The maximum absolute atomic E-state index is 13.3. The van der Waals surface area contributed by atoms with Gasteiger partial charge in [0, 0.05) is 0 Å². The molecule has 0 saturated heterocycles. The van der Waals surface area contributed by atoms with Crippen LogP contribution in [0, 0.1) is 6.08 Å². The molecule has 2 aromatic rings. The summed E-state index contributed by atoms with van der Waals surface area (Å²) < 4.78 is 12.4. The fraction of sp³-hybridized carbons (Fsp3) is 0.167. The van der Waals surface area contributed by atoms with Crippen LogP contribution in [0.2, 0.25) is 0 Å². The minimum atomic E-state index is -2.02. The summed E-state index contributed by atoms with van der Waals surface area (Å²) in [5.74, 6) is -0.450. The van der Waals surface area contributed by atoms with E-state index in [0.29, 0.717) is 4.68 Å². The van der Waals surface area contributed by atoms with Gasteiger partial charge in [0.05, 0.1) is 0 Å². The lowest BCUT2D eigenvalue weighted by Gasteiger charge is -2.03. The number of aromatic nitrogens is 6. The van der Waals surface area contributed by atoms with E-state index in [0.717, 1.165) is 17.3 Å². The Kier molecular flexibility index (Phi) is 3.02. The van der Waals surface area contributed by atoms with E-state index in [4.69, 9.17) is 34.8 Å². The third kappa shape index (κ3) is 2.38. The van der Waals surface area contributed by atoms with Gasteiger partial charge in [-0.3, -0.25) is 0 Å². The molecule has 2 heterocycles. The Labute approximate surface area is 108 Å². The maximum atomic E-state index is 13.3. The van der Waals surface area contributed by atoms with Crippen LogP contribution < -0.4 is 0 Å². The van der Waals surface area contributed by atoms with Crippen LogP contribution in [0.4, 0.5) is 9.18 Å². The van der Waals surface area contributed by atoms with E-state index < -0.39 is 21.7 Å². The molecule has 0 aliphatic carbocycles. The second-order valence-electron chi connectivity index (χ2n) is 2.74. The van der Waals surface area contributed by atoms with Crippen LogP contribution >= 0.6 is 34.8 Å². The topological polar surface area (TPSA) is 78.5 Å². The molecule has 2 rings (SSSR count). The van der Waals surface area contributed by atoms with Crippen LogP contribution in [-0.4, -0.2) is 35.6 Å². The zero-order valence-electron chi connectivity index (χ0n) is 7.76. The van der Waals surface area contributed by atoms with E-state index in [1.807, 2.05) is 0 Å². The molecule has 2 aromatic heterocycles. The third-order valence-corrected chi connectivity index (χ3v) is 2.12. The van der Waals surface area contributed by atoms with Crippen molar-refractivity contribution in [3.63, 3.8) is 0 Å². The number of nitrogens with zero attached hydrogens (tertiary/aromatic N) is 6. The Morgan fingerprint density at radius 2 is 2.12 bits per heavy atom. The molecule has 0 aliphatic rings. The van der Waals surface area contributed by atoms with Gasteiger partial charge in [-0.05, 0) is 0 Å². The Balaban J connectivity index is 2.41. The molecule has 7 nitrogen and oxygen atoms in total. The molecule has 0 fully saturated rings. The highest BCUT2D eigenvalue weighted by molar-refractivity contribution is 6.66. The number of carbonyl (C=O) groups is 1. The maximum Gasteiger partial charge on any atom is 0.374 e. The molecule has 0 amide bonds. The molecule has 0 atom stereocenters. The molecule has 0 radical (unpaired) electrons. The Morgan fingerprint density at radius 1 is 1.41 bits per heavy atom. The minimum absolute atomic E-state index is 0.311. The summed E-state index contributed by atoms with van der Waals surface area (Å²) in [4.78, 5) is 18.4. The quantitative estimate of drug-likeness (QED) is 0.686. The van der Waals surface area contributed by atoms with Gasteiger partial charge in [0.2, 0.25) is 5.82 Å². The first-order valence-electron chi connectivity index (χ1n) is 3.98. The van der Waals surface area contributed by atoms with E-state index in [9.17, 15) is 9.18 Å². The lowest BCUT2D eigenvalue weighted by atomic mass is 10.7. The van der Waals surface area contributed by atoms with Crippen molar-refractivity contribution in [2.45, 2.75) is 3.79 Å². The van der Waals surface area contributed by atoms with Gasteiger partial charge < -0.3 is 0 Å². The molecule has 0 unspecified atom stereocenters. The first kappa shape index (κ1) is 12.2. The molecular formula is C6H2Cl3FN6O. The molecule has 0 N–H and O–H groups in total. The lowest BCUT2D eigenvalue weighted by Crippen LogP contribution is -2.23. The summed E-state index contributed by atoms with van der Waals surface area (Å²) in [6.07, 6.45) is 0.952. The highest BCUT2D eigenvalue weighted by Gasteiger charge is 2.31. The summed E-state index contributed by atoms with van der Waals surface area (Å²) in [6, 6.07) is -0.937. The largest absolute Gasteiger partial charge is 0.374 e. The Morgan fingerprint density at radius 3 is 2.59 bits per heavy atom. The summed E-state index contributed by atoms with van der Waals surface area (Å²) in [5.41, 5.74) is 0. The number of carbonyl (C=O) groups excluding carboxylic acids is 1. The van der Waals surface area contributed by atoms with Crippen molar-refractivity contribution < 1.29 is 9.18 Å². The van der Waals surface area contributed by atoms with Gasteiger partial charge in [-0.2, -0.15) is 19.2 Å². The van der Waals surface area contributed by atoms with Crippen molar-refractivity contribution >= 4 is 40.8 Å². The predicted octanol–water partition coefficient (Wildman–Crippen LogP) is 1.35. The van der Waals surface area contributed by atoms with Crippen LogP contribution in [0.3, 0.4) is 0 Å². The third-order valence-electron chi connectivity index (χ3n) is 1.62. The Hall–Kier alpha value is -1.25. The lowest BCUT2D eigenvalue weighted by molar-refractivity contribution is 0.233. The molecule has 0 aliphatic heterocycles. The van der Waals surface area contributed by atoms with Crippen molar-refractivity contribution in [2.24, 2.45) is 0 Å². The van der Waals surface area contributed by atoms with Crippen molar-refractivity contribution in [3.8, 4) is 0 Å². The average molecular weight is 299 g/mol. The van der Waals surface area contributed by atoms with Gasteiger partial charge in [-0.1, -0.05) is 34.8 Å². The van der Waals surface area contributed by atoms with Gasteiger partial charge in [0.25, 0.3) is 3.79 Å². The summed E-state index contributed by atoms with van der Waals surface area (Å²) in [7, 11) is 0. The normalized spacial score (nSPS) is 11.8. The van der Waals surface area contributed by atoms with Gasteiger partial charge in [0.1, 0.15) is 12.7 Å². The van der Waals surface area contributed by atoms with Crippen LogP contribution in [0.1, 0.15) is 5.82 Å². The number of hydrogen-bond donors (Lipinski definition) is 0. The van der Waals surface area contributed by atoms with Gasteiger partial charge in [-0.25, -0.2) is 9.78 Å². The number of rotatable bonds is 0. The fourth-order valence-corrected chi connectivity index (χ4v) is 1.18. The summed E-state index contributed by atoms with van der Waals surface area (Å²) >= 11 is 16.4. The van der Waals surface area contributed by atoms with Gasteiger partial charge in [-0.15, -0.1) is 9.78 Å². The molecule has 0 saturated carbocycles. The zero-order chi connectivity index (χ0) is 12.6. The molecule has 11 heteroatoms. The summed E-state index contributed by atoms with van der Waals surface area (Å²) in [5, 5.41) is 6.94. The molecule has 0 aromatic carbocycles. The highest BCUT2D eigenvalue weighted by atomic mass is 35.6. The van der Waals surface area contributed by atoms with Gasteiger partial charge in [0.15, 0.2) is 0 Å². The first-order valence-corrected chi connectivity index (χ1v) is 5.12. The molecule has 0 bridgehead atoms. The second kappa shape index (κ2) is 4.21. The number of alkyl halides is 3. The highest BCUT2D eigenvalue weighted by Crippen LogP contribution is 2.35. The van der Waals surface area contributed by atoms with E-state index in [2.05, 4.69) is 20.2 Å². The van der Waals surface area contributed by atoms with Gasteiger partial charge >= 0.3 is 12.1 Å². The number of halogens is 4. The standard InChI is InChI=1S/C6H2Cl3FN6O/c7-6(8,9)3-13-4(10)16(14-3)5(17)15-2-11-1-12-15/h1-2H.